The van der Waals surface area contributed by atoms with E-state index in [4.69, 9.17) is 5.73 Å². The number of halogens is 1. The standard InChI is InChI=1S/C20H31FN4O/c1-16(26)15-24-8-5-17(6-9-24)4-7-23-10-12-25(13-11-23)18-2-3-19(21)20(22)14-18/h2-3,14,17H,4-13,15,22H2,1H3. The molecule has 2 fully saturated rings. The second-order valence-corrected chi connectivity index (χ2v) is 7.74. The Hall–Kier alpha value is -1.66. The molecule has 144 valence electrons. The van der Waals surface area contributed by atoms with E-state index < -0.39 is 0 Å². The Balaban J connectivity index is 1.37. The van der Waals surface area contributed by atoms with Crippen LogP contribution in [-0.2, 0) is 4.79 Å². The summed E-state index contributed by atoms with van der Waals surface area (Å²) in [7, 11) is 0. The topological polar surface area (TPSA) is 52.8 Å². The van der Waals surface area contributed by atoms with Crippen LogP contribution in [0.3, 0.4) is 0 Å². The fourth-order valence-corrected chi connectivity index (χ4v) is 4.07. The normalized spacial score (nSPS) is 20.5. The van der Waals surface area contributed by atoms with Gasteiger partial charge in [0.25, 0.3) is 0 Å². The molecular weight excluding hydrogens is 331 g/mol. The van der Waals surface area contributed by atoms with E-state index in [1.54, 1.807) is 13.0 Å². The van der Waals surface area contributed by atoms with E-state index >= 15 is 0 Å². The van der Waals surface area contributed by atoms with Crippen LogP contribution in [0.1, 0.15) is 26.2 Å². The number of likely N-dealkylation sites (tertiary alicyclic amines) is 1. The molecule has 6 heteroatoms. The van der Waals surface area contributed by atoms with Crippen LogP contribution in [0.2, 0.25) is 0 Å². The van der Waals surface area contributed by atoms with Gasteiger partial charge in [0.2, 0.25) is 0 Å². The summed E-state index contributed by atoms with van der Waals surface area (Å²) in [6, 6.07) is 5.01. The summed E-state index contributed by atoms with van der Waals surface area (Å²) in [6.07, 6.45) is 3.67. The SMILES string of the molecule is CC(=O)CN1CCC(CCN2CCN(c3ccc(F)c(N)c3)CC2)CC1. The third kappa shape index (κ3) is 5.17. The Morgan fingerprint density at radius 2 is 1.81 bits per heavy atom. The molecule has 2 aliphatic rings. The van der Waals surface area contributed by atoms with E-state index in [1.807, 2.05) is 6.07 Å². The molecule has 2 saturated heterocycles. The van der Waals surface area contributed by atoms with Gasteiger partial charge in [-0.1, -0.05) is 0 Å². The van der Waals surface area contributed by atoms with Crippen LogP contribution >= 0.6 is 0 Å². The molecule has 1 aromatic carbocycles. The molecule has 0 bridgehead atoms. The zero-order valence-corrected chi connectivity index (χ0v) is 15.8. The van der Waals surface area contributed by atoms with Crippen molar-refractivity contribution in [2.75, 3.05) is 63.0 Å². The highest BCUT2D eigenvalue weighted by molar-refractivity contribution is 5.77. The number of nitrogens with zero attached hydrogens (tertiary/aromatic N) is 3. The van der Waals surface area contributed by atoms with Crippen molar-refractivity contribution in [2.45, 2.75) is 26.2 Å². The number of Topliss-reactive ketones (excluding diaryl/α,β-unsaturated/α-hetero) is 1. The lowest BCUT2D eigenvalue weighted by Crippen LogP contribution is -2.47. The van der Waals surface area contributed by atoms with Crippen molar-refractivity contribution in [1.29, 1.82) is 0 Å². The van der Waals surface area contributed by atoms with Gasteiger partial charge in [0.05, 0.1) is 12.2 Å². The van der Waals surface area contributed by atoms with Gasteiger partial charge in [-0.15, -0.1) is 0 Å². The number of anilines is 2. The summed E-state index contributed by atoms with van der Waals surface area (Å²) in [4.78, 5) is 18.3. The third-order valence-electron chi connectivity index (χ3n) is 5.72. The van der Waals surface area contributed by atoms with Crippen molar-refractivity contribution in [3.05, 3.63) is 24.0 Å². The number of ketones is 1. The molecule has 0 amide bonds. The van der Waals surface area contributed by atoms with Gasteiger partial charge in [-0.2, -0.15) is 0 Å². The molecule has 0 spiro atoms. The molecule has 1 aromatic rings. The minimum absolute atomic E-state index is 0.223. The lowest BCUT2D eigenvalue weighted by Gasteiger charge is -2.37. The molecule has 0 aromatic heterocycles. The summed E-state index contributed by atoms with van der Waals surface area (Å²) in [5, 5.41) is 0. The second-order valence-electron chi connectivity index (χ2n) is 7.74. The molecule has 0 unspecified atom stereocenters. The van der Waals surface area contributed by atoms with E-state index in [0.717, 1.165) is 57.4 Å². The maximum atomic E-state index is 13.3. The molecule has 3 rings (SSSR count). The van der Waals surface area contributed by atoms with Crippen molar-refractivity contribution in [2.24, 2.45) is 5.92 Å². The number of piperidine rings is 1. The monoisotopic (exact) mass is 362 g/mol. The molecule has 0 atom stereocenters. The zero-order chi connectivity index (χ0) is 18.5. The average Bonchev–Trinajstić information content (AvgIpc) is 2.63. The van der Waals surface area contributed by atoms with Crippen LogP contribution in [0.4, 0.5) is 15.8 Å². The molecule has 0 saturated carbocycles. The van der Waals surface area contributed by atoms with Crippen molar-refractivity contribution >= 4 is 17.2 Å². The highest BCUT2D eigenvalue weighted by Gasteiger charge is 2.22. The summed E-state index contributed by atoms with van der Waals surface area (Å²) in [5.74, 6) is 0.708. The van der Waals surface area contributed by atoms with Gasteiger partial charge in [0.1, 0.15) is 11.6 Å². The van der Waals surface area contributed by atoms with Gasteiger partial charge in [0.15, 0.2) is 0 Å². The van der Waals surface area contributed by atoms with E-state index in [0.29, 0.717) is 6.54 Å². The number of hydrogen-bond donors (Lipinski definition) is 1. The number of hydrogen-bond acceptors (Lipinski definition) is 5. The van der Waals surface area contributed by atoms with Crippen LogP contribution in [0, 0.1) is 11.7 Å². The number of rotatable bonds is 6. The first-order valence-corrected chi connectivity index (χ1v) is 9.75. The van der Waals surface area contributed by atoms with Crippen molar-refractivity contribution < 1.29 is 9.18 Å². The Morgan fingerprint density at radius 1 is 1.12 bits per heavy atom. The molecular formula is C20H31FN4O. The third-order valence-corrected chi connectivity index (χ3v) is 5.72. The highest BCUT2D eigenvalue weighted by Crippen LogP contribution is 2.23. The van der Waals surface area contributed by atoms with Crippen LogP contribution < -0.4 is 10.6 Å². The van der Waals surface area contributed by atoms with Gasteiger partial charge in [-0.25, -0.2) is 4.39 Å². The number of piperazine rings is 1. The number of nitrogen functional groups attached to an aromatic ring is 1. The van der Waals surface area contributed by atoms with Crippen molar-refractivity contribution in [3.63, 3.8) is 0 Å². The Kier molecular flexibility index (Phi) is 6.48. The van der Waals surface area contributed by atoms with Gasteiger partial charge >= 0.3 is 0 Å². The van der Waals surface area contributed by atoms with E-state index in [2.05, 4.69) is 14.7 Å². The second kappa shape index (κ2) is 8.82. The molecule has 0 radical (unpaired) electrons. The lowest BCUT2D eigenvalue weighted by atomic mass is 9.93. The molecule has 2 heterocycles. The number of carbonyl (C=O) groups is 1. The van der Waals surface area contributed by atoms with Crippen molar-refractivity contribution in [3.8, 4) is 0 Å². The van der Waals surface area contributed by atoms with E-state index in [1.165, 1.54) is 25.3 Å². The van der Waals surface area contributed by atoms with Crippen LogP contribution in [0.25, 0.3) is 0 Å². The van der Waals surface area contributed by atoms with Crippen LogP contribution in [-0.4, -0.2) is 67.9 Å². The molecule has 5 nitrogen and oxygen atoms in total. The first-order valence-electron chi connectivity index (χ1n) is 9.75. The Bertz CT molecular complexity index is 608. The van der Waals surface area contributed by atoms with Crippen LogP contribution in [0.5, 0.6) is 0 Å². The predicted octanol–water partition coefficient (Wildman–Crippen LogP) is 2.22. The minimum atomic E-state index is -0.346. The lowest BCUT2D eigenvalue weighted by molar-refractivity contribution is -0.118. The summed E-state index contributed by atoms with van der Waals surface area (Å²) < 4.78 is 13.3. The van der Waals surface area contributed by atoms with Crippen molar-refractivity contribution in [1.82, 2.24) is 9.80 Å². The molecule has 2 N–H and O–H groups in total. The quantitative estimate of drug-likeness (QED) is 0.787. The van der Waals surface area contributed by atoms with E-state index in [9.17, 15) is 9.18 Å². The molecule has 2 aliphatic heterocycles. The maximum absolute atomic E-state index is 13.3. The fourth-order valence-electron chi connectivity index (χ4n) is 4.07. The predicted molar refractivity (Wildman–Crippen MR) is 104 cm³/mol. The summed E-state index contributed by atoms with van der Waals surface area (Å²) >= 11 is 0. The zero-order valence-electron chi connectivity index (χ0n) is 15.8. The maximum Gasteiger partial charge on any atom is 0.146 e. The first-order chi connectivity index (χ1) is 12.5. The first kappa shape index (κ1) is 19.1. The van der Waals surface area contributed by atoms with Gasteiger partial charge in [0, 0.05) is 31.9 Å². The number of benzene rings is 1. The van der Waals surface area contributed by atoms with Gasteiger partial charge in [-0.3, -0.25) is 14.6 Å². The molecule has 0 aliphatic carbocycles. The number of carbonyl (C=O) groups excluding carboxylic acids is 1. The minimum Gasteiger partial charge on any atom is -0.396 e. The van der Waals surface area contributed by atoms with Gasteiger partial charge in [-0.05, 0) is 69.9 Å². The Labute approximate surface area is 155 Å². The fraction of sp³-hybridized carbons (Fsp3) is 0.650. The highest BCUT2D eigenvalue weighted by atomic mass is 19.1. The van der Waals surface area contributed by atoms with Crippen LogP contribution in [0.15, 0.2) is 18.2 Å². The number of nitrogens with two attached hydrogens (primary N) is 1. The smallest absolute Gasteiger partial charge is 0.146 e. The summed E-state index contributed by atoms with van der Waals surface area (Å²) in [6.45, 7) is 9.56. The Morgan fingerprint density at radius 3 is 2.42 bits per heavy atom. The van der Waals surface area contributed by atoms with E-state index in [-0.39, 0.29) is 17.3 Å². The summed E-state index contributed by atoms with van der Waals surface area (Å²) in [5.41, 5.74) is 6.93. The molecule has 26 heavy (non-hydrogen) atoms. The van der Waals surface area contributed by atoms with Gasteiger partial charge < -0.3 is 10.6 Å². The largest absolute Gasteiger partial charge is 0.396 e. The average molecular weight is 362 g/mol.